The minimum absolute atomic E-state index is 0.606. The fourth-order valence-electron chi connectivity index (χ4n) is 2.08. The first kappa shape index (κ1) is 10.2. The fourth-order valence-corrected chi connectivity index (χ4v) is 2.08. The SMILES string of the molecule is Cc1nc(-c2ccc3c(c2)OCCO3)c(C)[nH]1. The van der Waals surface area contributed by atoms with E-state index < -0.39 is 0 Å². The van der Waals surface area contributed by atoms with E-state index >= 15 is 0 Å². The lowest BCUT2D eigenvalue weighted by molar-refractivity contribution is 0.171. The van der Waals surface area contributed by atoms with Crippen LogP contribution in [0.25, 0.3) is 11.3 Å². The minimum atomic E-state index is 0.606. The van der Waals surface area contributed by atoms with Crippen LogP contribution in [0, 0.1) is 13.8 Å². The molecule has 1 aliphatic heterocycles. The first-order chi connectivity index (χ1) is 8.24. The molecule has 3 rings (SSSR count). The van der Waals surface area contributed by atoms with Crippen molar-refractivity contribution in [3.05, 3.63) is 29.7 Å². The predicted octanol–water partition coefficient (Wildman–Crippen LogP) is 2.46. The van der Waals surface area contributed by atoms with Gasteiger partial charge in [0.15, 0.2) is 11.5 Å². The zero-order valence-electron chi connectivity index (χ0n) is 9.91. The smallest absolute Gasteiger partial charge is 0.162 e. The Balaban J connectivity index is 2.06. The normalized spacial score (nSPS) is 13.8. The largest absolute Gasteiger partial charge is 0.486 e. The van der Waals surface area contributed by atoms with Gasteiger partial charge in [-0.1, -0.05) is 0 Å². The molecule has 0 spiro atoms. The molecule has 0 saturated heterocycles. The van der Waals surface area contributed by atoms with Crippen LogP contribution in [-0.4, -0.2) is 23.2 Å². The van der Waals surface area contributed by atoms with Crippen molar-refractivity contribution in [1.82, 2.24) is 9.97 Å². The Morgan fingerprint density at radius 1 is 1.12 bits per heavy atom. The second-order valence-electron chi connectivity index (χ2n) is 4.15. The topological polar surface area (TPSA) is 47.1 Å². The van der Waals surface area contributed by atoms with E-state index in [1.165, 1.54) is 0 Å². The molecule has 4 nitrogen and oxygen atoms in total. The summed E-state index contributed by atoms with van der Waals surface area (Å²) in [4.78, 5) is 7.68. The lowest BCUT2D eigenvalue weighted by Crippen LogP contribution is -2.15. The monoisotopic (exact) mass is 230 g/mol. The van der Waals surface area contributed by atoms with Crippen molar-refractivity contribution >= 4 is 0 Å². The number of imidazole rings is 1. The van der Waals surface area contributed by atoms with Gasteiger partial charge in [0.1, 0.15) is 19.0 Å². The standard InChI is InChI=1S/C13H14N2O2/c1-8-13(15-9(2)14-8)10-3-4-11-12(7-10)17-6-5-16-11/h3-4,7H,5-6H2,1-2H3,(H,14,15). The Labute approximate surface area is 99.6 Å². The molecule has 1 N–H and O–H groups in total. The maximum absolute atomic E-state index is 5.57. The molecule has 0 unspecified atom stereocenters. The Hall–Kier alpha value is -1.97. The number of nitrogens with zero attached hydrogens (tertiary/aromatic N) is 1. The van der Waals surface area contributed by atoms with E-state index in [0.717, 1.165) is 34.3 Å². The maximum atomic E-state index is 5.57. The number of hydrogen-bond donors (Lipinski definition) is 1. The fraction of sp³-hybridized carbons (Fsp3) is 0.308. The summed E-state index contributed by atoms with van der Waals surface area (Å²) < 4.78 is 11.1. The Morgan fingerprint density at radius 3 is 2.59 bits per heavy atom. The van der Waals surface area contributed by atoms with Gasteiger partial charge in [-0.3, -0.25) is 0 Å². The molecule has 2 heterocycles. The second-order valence-corrected chi connectivity index (χ2v) is 4.15. The van der Waals surface area contributed by atoms with Crippen LogP contribution in [0.5, 0.6) is 11.5 Å². The van der Waals surface area contributed by atoms with Gasteiger partial charge in [0.2, 0.25) is 0 Å². The van der Waals surface area contributed by atoms with Crippen LogP contribution in [0.1, 0.15) is 11.5 Å². The van der Waals surface area contributed by atoms with E-state index in [9.17, 15) is 0 Å². The summed E-state index contributed by atoms with van der Waals surface area (Å²) in [6, 6.07) is 5.93. The first-order valence-electron chi connectivity index (χ1n) is 5.67. The average molecular weight is 230 g/mol. The second kappa shape index (κ2) is 3.80. The molecule has 0 radical (unpaired) electrons. The van der Waals surface area contributed by atoms with Crippen LogP contribution in [-0.2, 0) is 0 Å². The molecule has 88 valence electrons. The van der Waals surface area contributed by atoms with Crippen molar-refractivity contribution < 1.29 is 9.47 Å². The summed E-state index contributed by atoms with van der Waals surface area (Å²) in [6.07, 6.45) is 0. The number of H-pyrrole nitrogens is 1. The number of rotatable bonds is 1. The van der Waals surface area contributed by atoms with Gasteiger partial charge in [0.05, 0.1) is 5.69 Å². The van der Waals surface area contributed by atoms with Crippen molar-refractivity contribution in [2.24, 2.45) is 0 Å². The van der Waals surface area contributed by atoms with Gasteiger partial charge in [-0.15, -0.1) is 0 Å². The highest BCUT2D eigenvalue weighted by molar-refractivity contribution is 5.66. The summed E-state index contributed by atoms with van der Waals surface area (Å²) in [5, 5.41) is 0. The zero-order chi connectivity index (χ0) is 11.8. The van der Waals surface area contributed by atoms with Crippen LogP contribution < -0.4 is 9.47 Å². The molecule has 0 amide bonds. The summed E-state index contributed by atoms with van der Waals surface area (Å²) in [6.45, 7) is 5.20. The van der Waals surface area contributed by atoms with Crippen molar-refractivity contribution in [2.45, 2.75) is 13.8 Å². The number of benzene rings is 1. The van der Waals surface area contributed by atoms with Crippen LogP contribution in [0.15, 0.2) is 18.2 Å². The molecule has 4 heteroatoms. The van der Waals surface area contributed by atoms with Crippen molar-refractivity contribution in [1.29, 1.82) is 0 Å². The molecule has 0 fully saturated rings. The summed E-state index contributed by atoms with van der Waals surface area (Å²) in [7, 11) is 0. The third-order valence-corrected chi connectivity index (χ3v) is 2.82. The van der Waals surface area contributed by atoms with Crippen molar-refractivity contribution in [3.63, 3.8) is 0 Å². The lowest BCUT2D eigenvalue weighted by Gasteiger charge is -2.18. The Morgan fingerprint density at radius 2 is 1.88 bits per heavy atom. The van der Waals surface area contributed by atoms with Crippen molar-refractivity contribution in [3.8, 4) is 22.8 Å². The van der Waals surface area contributed by atoms with E-state index in [1.54, 1.807) is 0 Å². The Bertz CT molecular complexity index is 561. The predicted molar refractivity (Wildman–Crippen MR) is 64.5 cm³/mol. The highest BCUT2D eigenvalue weighted by Gasteiger charge is 2.14. The number of ether oxygens (including phenoxy) is 2. The van der Waals surface area contributed by atoms with Crippen LogP contribution in [0.3, 0.4) is 0 Å². The highest BCUT2D eigenvalue weighted by atomic mass is 16.6. The first-order valence-corrected chi connectivity index (χ1v) is 5.67. The molecule has 1 aromatic carbocycles. The van der Waals surface area contributed by atoms with Gasteiger partial charge in [-0.25, -0.2) is 4.98 Å². The molecule has 0 saturated carbocycles. The van der Waals surface area contributed by atoms with E-state index in [2.05, 4.69) is 9.97 Å². The number of aromatic nitrogens is 2. The van der Waals surface area contributed by atoms with Gasteiger partial charge in [0.25, 0.3) is 0 Å². The van der Waals surface area contributed by atoms with E-state index in [0.29, 0.717) is 13.2 Å². The van der Waals surface area contributed by atoms with Crippen LogP contribution in [0.4, 0.5) is 0 Å². The summed E-state index contributed by atoms with van der Waals surface area (Å²) in [5.41, 5.74) is 3.09. The quantitative estimate of drug-likeness (QED) is 0.818. The average Bonchev–Trinajstić information content (AvgIpc) is 2.68. The maximum Gasteiger partial charge on any atom is 0.162 e. The van der Waals surface area contributed by atoms with E-state index in [1.807, 2.05) is 32.0 Å². The molecule has 1 aromatic heterocycles. The van der Waals surface area contributed by atoms with Crippen LogP contribution in [0.2, 0.25) is 0 Å². The lowest BCUT2D eigenvalue weighted by atomic mass is 10.1. The zero-order valence-corrected chi connectivity index (χ0v) is 9.91. The molecular weight excluding hydrogens is 216 g/mol. The number of nitrogens with one attached hydrogen (secondary N) is 1. The third kappa shape index (κ3) is 1.75. The highest BCUT2D eigenvalue weighted by Crippen LogP contribution is 2.34. The molecule has 1 aliphatic rings. The van der Waals surface area contributed by atoms with E-state index in [4.69, 9.17) is 9.47 Å². The summed E-state index contributed by atoms with van der Waals surface area (Å²) in [5.74, 6) is 2.53. The molecular formula is C13H14N2O2. The number of aryl methyl sites for hydroxylation is 2. The number of hydrogen-bond acceptors (Lipinski definition) is 3. The minimum Gasteiger partial charge on any atom is -0.486 e. The molecule has 2 aromatic rings. The van der Waals surface area contributed by atoms with E-state index in [-0.39, 0.29) is 0 Å². The van der Waals surface area contributed by atoms with Gasteiger partial charge < -0.3 is 14.5 Å². The molecule has 0 aliphatic carbocycles. The summed E-state index contributed by atoms with van der Waals surface area (Å²) >= 11 is 0. The van der Waals surface area contributed by atoms with Gasteiger partial charge in [-0.05, 0) is 32.0 Å². The number of aromatic amines is 1. The molecule has 0 bridgehead atoms. The van der Waals surface area contributed by atoms with Gasteiger partial charge in [0, 0.05) is 11.3 Å². The van der Waals surface area contributed by atoms with Gasteiger partial charge in [-0.2, -0.15) is 0 Å². The Kier molecular flexibility index (Phi) is 2.28. The molecule has 17 heavy (non-hydrogen) atoms. The third-order valence-electron chi connectivity index (χ3n) is 2.82. The van der Waals surface area contributed by atoms with Gasteiger partial charge >= 0.3 is 0 Å². The molecule has 0 atom stereocenters. The van der Waals surface area contributed by atoms with Crippen LogP contribution >= 0.6 is 0 Å². The van der Waals surface area contributed by atoms with Crippen molar-refractivity contribution in [2.75, 3.05) is 13.2 Å². The number of fused-ring (bicyclic) bond motifs is 1.